The molecule has 5 N–H and O–H groups in total. The van der Waals surface area contributed by atoms with Gasteiger partial charge in [-0.1, -0.05) is 12.1 Å². The van der Waals surface area contributed by atoms with Crippen molar-refractivity contribution in [3.63, 3.8) is 0 Å². The van der Waals surface area contributed by atoms with E-state index in [1.807, 2.05) is 0 Å². The lowest BCUT2D eigenvalue weighted by Gasteiger charge is -2.30. The molecule has 0 fully saturated rings. The summed E-state index contributed by atoms with van der Waals surface area (Å²) < 4.78 is 0. The average Bonchev–Trinajstić information content (AvgIpc) is 2.31. The third kappa shape index (κ3) is 4.54. The van der Waals surface area contributed by atoms with Crippen LogP contribution in [0.25, 0.3) is 0 Å². The second kappa shape index (κ2) is 6.04. The molecule has 106 valence electrons. The second-order valence-electron chi connectivity index (χ2n) is 5.36. The number of carbonyl (C=O) groups excluding carboxylic acids is 1. The highest BCUT2D eigenvalue weighted by molar-refractivity contribution is 5.82. The Morgan fingerprint density at radius 3 is 2.37 bits per heavy atom. The van der Waals surface area contributed by atoms with E-state index in [1.165, 1.54) is 0 Å². The largest absolute Gasteiger partial charge is 0.508 e. The third-order valence-electron chi connectivity index (χ3n) is 3.22. The second-order valence-corrected chi connectivity index (χ2v) is 5.36. The molecule has 19 heavy (non-hydrogen) atoms. The van der Waals surface area contributed by atoms with E-state index >= 15 is 0 Å². The van der Waals surface area contributed by atoms with Gasteiger partial charge >= 0.3 is 0 Å². The molecule has 1 rings (SSSR count). The summed E-state index contributed by atoms with van der Waals surface area (Å²) in [5.41, 5.74) is 5.99. The maximum atomic E-state index is 11.9. The Morgan fingerprint density at radius 1 is 1.37 bits per heavy atom. The fourth-order valence-electron chi connectivity index (χ4n) is 1.49. The molecular formula is C14H22N2O3. The quantitative estimate of drug-likeness (QED) is 0.625. The molecule has 0 heterocycles. The first-order chi connectivity index (χ1) is 8.72. The summed E-state index contributed by atoms with van der Waals surface area (Å²) in [6.45, 7) is 5.09. The van der Waals surface area contributed by atoms with E-state index in [1.54, 1.807) is 45.0 Å². The molecule has 0 aliphatic rings. The van der Waals surface area contributed by atoms with E-state index < -0.39 is 17.7 Å². The molecule has 1 aromatic carbocycles. The first kappa shape index (κ1) is 15.5. The topological polar surface area (TPSA) is 95.6 Å². The summed E-state index contributed by atoms with van der Waals surface area (Å²) in [4.78, 5) is 11.9. The lowest BCUT2D eigenvalue weighted by molar-refractivity contribution is -0.125. The molecule has 0 aromatic heterocycles. The minimum absolute atomic E-state index is 0.178. The molecule has 1 aromatic rings. The van der Waals surface area contributed by atoms with Crippen molar-refractivity contribution in [2.45, 2.75) is 44.9 Å². The van der Waals surface area contributed by atoms with Crippen molar-refractivity contribution in [2.75, 3.05) is 0 Å². The van der Waals surface area contributed by atoms with E-state index in [0.717, 1.165) is 5.56 Å². The molecule has 0 aliphatic carbocycles. The molecule has 1 amide bonds. The van der Waals surface area contributed by atoms with Crippen molar-refractivity contribution in [3.8, 4) is 5.75 Å². The van der Waals surface area contributed by atoms with E-state index in [2.05, 4.69) is 5.32 Å². The molecule has 0 spiro atoms. The SMILES string of the molecule is CC(O)C(C)(C)NC(=O)[C@@H](N)Cc1ccc(O)cc1. The van der Waals surface area contributed by atoms with Crippen LogP contribution in [0.5, 0.6) is 5.75 Å². The van der Waals surface area contributed by atoms with Crippen LogP contribution >= 0.6 is 0 Å². The Balaban J connectivity index is 2.60. The number of rotatable bonds is 5. The molecule has 0 aliphatic heterocycles. The molecule has 0 saturated carbocycles. The Bertz CT molecular complexity index is 427. The smallest absolute Gasteiger partial charge is 0.237 e. The van der Waals surface area contributed by atoms with Crippen LogP contribution in [0.3, 0.4) is 0 Å². The highest BCUT2D eigenvalue weighted by Crippen LogP contribution is 2.12. The van der Waals surface area contributed by atoms with Gasteiger partial charge < -0.3 is 21.3 Å². The van der Waals surface area contributed by atoms with E-state index in [4.69, 9.17) is 5.73 Å². The Kier molecular flexibility index (Phi) is 4.91. The van der Waals surface area contributed by atoms with E-state index in [0.29, 0.717) is 6.42 Å². The molecule has 0 radical (unpaired) electrons. The maximum absolute atomic E-state index is 11.9. The summed E-state index contributed by atoms with van der Waals surface area (Å²) in [5, 5.41) is 21.4. The summed E-state index contributed by atoms with van der Waals surface area (Å²) in [6, 6.07) is 5.87. The zero-order valence-corrected chi connectivity index (χ0v) is 11.6. The standard InChI is InChI=1S/C14H22N2O3/c1-9(17)14(2,3)16-13(19)12(15)8-10-4-6-11(18)7-5-10/h4-7,9,12,17-18H,8,15H2,1-3H3,(H,16,19)/t9?,12-/m0/s1. The minimum Gasteiger partial charge on any atom is -0.508 e. The van der Waals surface area contributed by atoms with Gasteiger partial charge in [0.25, 0.3) is 0 Å². The van der Waals surface area contributed by atoms with Crippen LogP contribution < -0.4 is 11.1 Å². The normalized spacial score (nSPS) is 14.8. The maximum Gasteiger partial charge on any atom is 0.237 e. The predicted molar refractivity (Wildman–Crippen MR) is 73.7 cm³/mol. The molecule has 5 nitrogen and oxygen atoms in total. The van der Waals surface area contributed by atoms with E-state index in [9.17, 15) is 15.0 Å². The van der Waals surface area contributed by atoms with Gasteiger partial charge in [-0.25, -0.2) is 0 Å². The van der Waals surface area contributed by atoms with Crippen LogP contribution in [0, 0.1) is 0 Å². The van der Waals surface area contributed by atoms with Gasteiger partial charge in [-0.3, -0.25) is 4.79 Å². The monoisotopic (exact) mass is 266 g/mol. The Hall–Kier alpha value is -1.59. The Labute approximate surface area is 113 Å². The number of aliphatic hydroxyl groups is 1. The van der Waals surface area contributed by atoms with Crippen molar-refractivity contribution >= 4 is 5.91 Å². The molecule has 5 heteroatoms. The molecular weight excluding hydrogens is 244 g/mol. The van der Waals surface area contributed by atoms with Gasteiger partial charge in [-0.05, 0) is 44.9 Å². The number of nitrogens with one attached hydrogen (secondary N) is 1. The van der Waals surface area contributed by atoms with Crippen molar-refractivity contribution < 1.29 is 15.0 Å². The fourth-order valence-corrected chi connectivity index (χ4v) is 1.49. The van der Waals surface area contributed by atoms with E-state index in [-0.39, 0.29) is 11.7 Å². The number of phenols is 1. The highest BCUT2D eigenvalue weighted by Gasteiger charge is 2.28. The fraction of sp³-hybridized carbons (Fsp3) is 0.500. The van der Waals surface area contributed by atoms with Gasteiger partial charge in [0.1, 0.15) is 5.75 Å². The summed E-state index contributed by atoms with van der Waals surface area (Å²) in [7, 11) is 0. The molecule has 1 unspecified atom stereocenters. The van der Waals surface area contributed by atoms with Crippen LogP contribution in [0.1, 0.15) is 26.3 Å². The van der Waals surface area contributed by atoms with Crippen LogP contribution in [0.2, 0.25) is 0 Å². The number of hydrogen-bond acceptors (Lipinski definition) is 4. The van der Waals surface area contributed by atoms with Gasteiger partial charge in [0.05, 0.1) is 17.7 Å². The van der Waals surface area contributed by atoms with Gasteiger partial charge in [-0.15, -0.1) is 0 Å². The van der Waals surface area contributed by atoms with Crippen LogP contribution in [0.4, 0.5) is 0 Å². The van der Waals surface area contributed by atoms with Crippen LogP contribution in [0.15, 0.2) is 24.3 Å². The lowest BCUT2D eigenvalue weighted by atomic mass is 9.97. The third-order valence-corrected chi connectivity index (χ3v) is 3.22. The van der Waals surface area contributed by atoms with Gasteiger partial charge in [0, 0.05) is 0 Å². The number of carbonyl (C=O) groups is 1. The van der Waals surface area contributed by atoms with Crippen molar-refractivity contribution in [1.82, 2.24) is 5.32 Å². The van der Waals surface area contributed by atoms with Crippen molar-refractivity contribution in [1.29, 1.82) is 0 Å². The number of nitrogens with two attached hydrogens (primary N) is 1. The first-order valence-corrected chi connectivity index (χ1v) is 6.26. The average molecular weight is 266 g/mol. The first-order valence-electron chi connectivity index (χ1n) is 6.26. The van der Waals surface area contributed by atoms with Gasteiger partial charge in [0.15, 0.2) is 0 Å². The van der Waals surface area contributed by atoms with Crippen LogP contribution in [-0.4, -0.2) is 33.8 Å². The van der Waals surface area contributed by atoms with Crippen molar-refractivity contribution in [2.24, 2.45) is 5.73 Å². The number of aromatic hydroxyl groups is 1. The van der Waals surface area contributed by atoms with Crippen LogP contribution in [-0.2, 0) is 11.2 Å². The lowest BCUT2D eigenvalue weighted by Crippen LogP contribution is -2.55. The number of amides is 1. The van der Waals surface area contributed by atoms with Gasteiger partial charge in [0.2, 0.25) is 5.91 Å². The molecule has 0 saturated heterocycles. The number of hydrogen-bond donors (Lipinski definition) is 4. The number of benzene rings is 1. The molecule has 2 atom stereocenters. The predicted octanol–water partition coefficient (Wildman–Crippen LogP) is 0.538. The zero-order chi connectivity index (χ0) is 14.6. The highest BCUT2D eigenvalue weighted by atomic mass is 16.3. The van der Waals surface area contributed by atoms with Gasteiger partial charge in [-0.2, -0.15) is 0 Å². The zero-order valence-electron chi connectivity index (χ0n) is 11.6. The summed E-state index contributed by atoms with van der Waals surface area (Å²) in [5.74, 6) is -0.129. The number of phenolic OH excluding ortho intramolecular Hbond substituents is 1. The number of aliphatic hydroxyl groups excluding tert-OH is 1. The summed E-state index contributed by atoms with van der Waals surface area (Å²) in [6.07, 6.45) is -0.292. The minimum atomic E-state index is -0.719. The molecule has 0 bridgehead atoms. The van der Waals surface area contributed by atoms with Crippen molar-refractivity contribution in [3.05, 3.63) is 29.8 Å². The Morgan fingerprint density at radius 2 is 1.89 bits per heavy atom. The summed E-state index contributed by atoms with van der Waals surface area (Å²) >= 11 is 0.